The Bertz CT molecular complexity index is 698. The van der Waals surface area contributed by atoms with E-state index in [4.69, 9.17) is 11.6 Å². The van der Waals surface area contributed by atoms with Crippen molar-refractivity contribution in [2.75, 3.05) is 26.2 Å². The second kappa shape index (κ2) is 6.75. The third kappa shape index (κ3) is 3.48. The fraction of sp³-hybridized carbons (Fsp3) is 0.250. The van der Waals surface area contributed by atoms with Gasteiger partial charge in [-0.05, 0) is 24.3 Å². The molecule has 0 saturated carbocycles. The van der Waals surface area contributed by atoms with Gasteiger partial charge >= 0.3 is 0 Å². The molecule has 1 aliphatic heterocycles. The quantitative estimate of drug-likeness (QED) is 0.841. The minimum Gasteiger partial charge on any atom is -0.335 e. The van der Waals surface area contributed by atoms with E-state index in [1.54, 1.807) is 46.5 Å². The summed E-state index contributed by atoms with van der Waals surface area (Å²) in [6, 6.07) is 6.64. The predicted octanol–water partition coefficient (Wildman–Crippen LogP) is 1.73. The standard InChI is InChI=1S/C16H15ClN4O2/c17-13-1-2-14(19-11-13)16(23)21-9-7-20(8-10-21)15(22)12-3-5-18-6-4-12/h1-6,11H,7-10H2. The molecule has 0 spiro atoms. The summed E-state index contributed by atoms with van der Waals surface area (Å²) in [5.74, 6) is -0.179. The maximum Gasteiger partial charge on any atom is 0.272 e. The molecule has 3 rings (SSSR count). The van der Waals surface area contributed by atoms with Crippen LogP contribution in [0.4, 0.5) is 0 Å². The Balaban J connectivity index is 1.61. The molecule has 0 unspecified atom stereocenters. The van der Waals surface area contributed by atoms with E-state index >= 15 is 0 Å². The van der Waals surface area contributed by atoms with E-state index in [2.05, 4.69) is 9.97 Å². The molecule has 2 aromatic rings. The van der Waals surface area contributed by atoms with Gasteiger partial charge in [-0.1, -0.05) is 11.6 Å². The van der Waals surface area contributed by atoms with Crippen molar-refractivity contribution >= 4 is 23.4 Å². The average Bonchev–Trinajstić information content (AvgIpc) is 2.62. The van der Waals surface area contributed by atoms with Crippen LogP contribution in [0, 0.1) is 0 Å². The summed E-state index contributed by atoms with van der Waals surface area (Å²) in [5.41, 5.74) is 0.974. The average molecular weight is 331 g/mol. The summed E-state index contributed by atoms with van der Waals surface area (Å²) in [6.07, 6.45) is 4.65. The number of nitrogens with zero attached hydrogens (tertiary/aromatic N) is 4. The Morgan fingerprint density at radius 3 is 2.09 bits per heavy atom. The molecule has 0 N–H and O–H groups in total. The highest BCUT2D eigenvalue weighted by Crippen LogP contribution is 2.12. The molecule has 0 atom stereocenters. The molecule has 23 heavy (non-hydrogen) atoms. The molecular weight excluding hydrogens is 316 g/mol. The van der Waals surface area contributed by atoms with Crippen molar-refractivity contribution in [1.82, 2.24) is 19.8 Å². The number of piperazine rings is 1. The molecule has 0 aliphatic carbocycles. The number of pyridine rings is 2. The van der Waals surface area contributed by atoms with Crippen molar-refractivity contribution in [3.8, 4) is 0 Å². The van der Waals surface area contributed by atoms with Crippen LogP contribution in [0.15, 0.2) is 42.9 Å². The summed E-state index contributed by atoms with van der Waals surface area (Å²) >= 11 is 5.78. The number of rotatable bonds is 2. The minimum absolute atomic E-state index is 0.0379. The monoisotopic (exact) mass is 330 g/mol. The summed E-state index contributed by atoms with van der Waals surface area (Å²) < 4.78 is 0. The molecule has 1 fully saturated rings. The molecule has 7 heteroatoms. The Morgan fingerprint density at radius 1 is 0.913 bits per heavy atom. The Morgan fingerprint density at radius 2 is 1.52 bits per heavy atom. The molecule has 1 aliphatic rings. The number of halogens is 1. The second-order valence-corrected chi connectivity index (χ2v) is 5.62. The van der Waals surface area contributed by atoms with Gasteiger partial charge in [-0.25, -0.2) is 4.98 Å². The number of aromatic nitrogens is 2. The molecule has 2 amide bonds. The van der Waals surface area contributed by atoms with E-state index in [0.717, 1.165) is 0 Å². The van der Waals surface area contributed by atoms with Crippen LogP contribution in [0.5, 0.6) is 0 Å². The lowest BCUT2D eigenvalue weighted by Crippen LogP contribution is -2.50. The van der Waals surface area contributed by atoms with Gasteiger partial charge in [0.2, 0.25) is 0 Å². The Kier molecular flexibility index (Phi) is 4.52. The maximum atomic E-state index is 12.4. The van der Waals surface area contributed by atoms with Crippen LogP contribution < -0.4 is 0 Å². The molecule has 3 heterocycles. The summed E-state index contributed by atoms with van der Waals surface area (Å²) in [4.78, 5) is 36.1. The first kappa shape index (κ1) is 15.4. The fourth-order valence-corrected chi connectivity index (χ4v) is 2.57. The molecule has 118 valence electrons. The first-order chi connectivity index (χ1) is 11.1. The van der Waals surface area contributed by atoms with Gasteiger partial charge < -0.3 is 9.80 Å². The Hall–Kier alpha value is -2.47. The highest BCUT2D eigenvalue weighted by atomic mass is 35.5. The van der Waals surface area contributed by atoms with Crippen molar-refractivity contribution in [3.63, 3.8) is 0 Å². The first-order valence-electron chi connectivity index (χ1n) is 7.25. The minimum atomic E-state index is -0.141. The zero-order valence-corrected chi connectivity index (χ0v) is 13.1. The van der Waals surface area contributed by atoms with Crippen molar-refractivity contribution < 1.29 is 9.59 Å². The summed E-state index contributed by atoms with van der Waals surface area (Å²) in [5, 5.41) is 0.495. The molecule has 6 nitrogen and oxygen atoms in total. The van der Waals surface area contributed by atoms with E-state index in [1.165, 1.54) is 6.20 Å². The van der Waals surface area contributed by atoms with Crippen LogP contribution in [0.1, 0.15) is 20.8 Å². The van der Waals surface area contributed by atoms with Crippen LogP contribution in [0.2, 0.25) is 5.02 Å². The number of amides is 2. The lowest BCUT2D eigenvalue weighted by Gasteiger charge is -2.34. The largest absolute Gasteiger partial charge is 0.335 e. The fourth-order valence-electron chi connectivity index (χ4n) is 2.45. The van der Waals surface area contributed by atoms with Crippen molar-refractivity contribution in [2.45, 2.75) is 0 Å². The van der Waals surface area contributed by atoms with Gasteiger partial charge in [-0.3, -0.25) is 14.6 Å². The predicted molar refractivity (Wildman–Crippen MR) is 85.3 cm³/mol. The lowest BCUT2D eigenvalue weighted by molar-refractivity contribution is 0.0532. The number of hydrogen-bond donors (Lipinski definition) is 0. The third-order valence-corrected chi connectivity index (χ3v) is 3.95. The second-order valence-electron chi connectivity index (χ2n) is 5.18. The number of hydrogen-bond acceptors (Lipinski definition) is 4. The van der Waals surface area contributed by atoms with E-state index in [1.807, 2.05) is 0 Å². The molecule has 2 aromatic heterocycles. The van der Waals surface area contributed by atoms with Gasteiger partial charge in [-0.15, -0.1) is 0 Å². The normalized spacial score (nSPS) is 14.7. The SMILES string of the molecule is O=C(c1ccncc1)N1CCN(C(=O)c2ccc(Cl)cn2)CC1. The van der Waals surface area contributed by atoms with Crippen LogP contribution in [0.25, 0.3) is 0 Å². The summed E-state index contributed by atoms with van der Waals surface area (Å²) in [6.45, 7) is 1.97. The van der Waals surface area contributed by atoms with Crippen LogP contribution >= 0.6 is 11.6 Å². The van der Waals surface area contributed by atoms with E-state index in [-0.39, 0.29) is 11.8 Å². The van der Waals surface area contributed by atoms with Gasteiger partial charge in [-0.2, -0.15) is 0 Å². The van der Waals surface area contributed by atoms with Crippen molar-refractivity contribution in [3.05, 3.63) is 59.1 Å². The van der Waals surface area contributed by atoms with Crippen LogP contribution in [-0.4, -0.2) is 57.8 Å². The lowest BCUT2D eigenvalue weighted by atomic mass is 10.2. The topological polar surface area (TPSA) is 66.4 Å². The van der Waals surface area contributed by atoms with E-state index in [9.17, 15) is 9.59 Å². The number of carbonyl (C=O) groups excluding carboxylic acids is 2. The molecular formula is C16H15ClN4O2. The highest BCUT2D eigenvalue weighted by molar-refractivity contribution is 6.30. The number of carbonyl (C=O) groups is 2. The zero-order valence-electron chi connectivity index (χ0n) is 12.4. The van der Waals surface area contributed by atoms with Gasteiger partial charge in [0.05, 0.1) is 5.02 Å². The van der Waals surface area contributed by atoms with Gasteiger partial charge in [0.1, 0.15) is 5.69 Å². The van der Waals surface area contributed by atoms with Crippen molar-refractivity contribution in [2.24, 2.45) is 0 Å². The zero-order chi connectivity index (χ0) is 16.2. The third-order valence-electron chi connectivity index (χ3n) is 3.73. The summed E-state index contributed by atoms with van der Waals surface area (Å²) in [7, 11) is 0. The molecule has 0 bridgehead atoms. The smallest absolute Gasteiger partial charge is 0.272 e. The van der Waals surface area contributed by atoms with Gasteiger partial charge in [0.25, 0.3) is 11.8 Å². The highest BCUT2D eigenvalue weighted by Gasteiger charge is 2.25. The Labute approximate surface area is 138 Å². The van der Waals surface area contributed by atoms with E-state index < -0.39 is 0 Å². The van der Waals surface area contributed by atoms with Crippen LogP contribution in [-0.2, 0) is 0 Å². The molecule has 0 aromatic carbocycles. The van der Waals surface area contributed by atoms with Gasteiger partial charge in [0.15, 0.2) is 0 Å². The van der Waals surface area contributed by atoms with Crippen molar-refractivity contribution in [1.29, 1.82) is 0 Å². The van der Waals surface area contributed by atoms with Crippen LogP contribution in [0.3, 0.4) is 0 Å². The molecule has 0 radical (unpaired) electrons. The molecule has 1 saturated heterocycles. The van der Waals surface area contributed by atoms with E-state index in [0.29, 0.717) is 42.5 Å². The first-order valence-corrected chi connectivity index (χ1v) is 7.63. The maximum absolute atomic E-state index is 12.4. The van der Waals surface area contributed by atoms with Gasteiger partial charge in [0, 0.05) is 50.3 Å².